The number of amides is 1. The Balaban J connectivity index is 1.43. The van der Waals surface area contributed by atoms with Crippen molar-refractivity contribution in [1.82, 2.24) is 19.7 Å². The predicted molar refractivity (Wildman–Crippen MR) is 87.0 cm³/mol. The zero-order chi connectivity index (χ0) is 15.1. The van der Waals surface area contributed by atoms with Gasteiger partial charge in [0.15, 0.2) is 0 Å². The molecule has 0 saturated carbocycles. The van der Waals surface area contributed by atoms with E-state index in [2.05, 4.69) is 9.80 Å². The molecule has 0 N–H and O–H groups in total. The zero-order valence-electron chi connectivity index (χ0n) is 13.3. The van der Waals surface area contributed by atoms with Crippen LogP contribution in [0.25, 0.3) is 0 Å². The number of hydrogen-bond acceptors (Lipinski definition) is 5. The Labute approximate surface area is 135 Å². The maximum Gasteiger partial charge on any atom is 0.241 e. The molecule has 1 aliphatic carbocycles. The van der Waals surface area contributed by atoms with Crippen LogP contribution in [-0.2, 0) is 24.2 Å². The highest BCUT2D eigenvalue weighted by Gasteiger charge is 2.37. The second kappa shape index (κ2) is 5.91. The SMILES string of the molecule is CN1CCN2CCN(Cc3nc4c(s3)CCCC4)C[C@H]2C1=O. The molecule has 1 amide bonds. The predicted octanol–water partition coefficient (Wildman–Crippen LogP) is 0.980. The van der Waals surface area contributed by atoms with Gasteiger partial charge in [0.05, 0.1) is 12.2 Å². The monoisotopic (exact) mass is 320 g/mol. The third kappa shape index (κ3) is 2.68. The molecule has 2 fully saturated rings. The Bertz CT molecular complexity index is 549. The molecule has 120 valence electrons. The Morgan fingerprint density at radius 3 is 2.86 bits per heavy atom. The van der Waals surface area contributed by atoms with Crippen molar-refractivity contribution in [2.45, 2.75) is 38.3 Å². The summed E-state index contributed by atoms with van der Waals surface area (Å²) in [6.07, 6.45) is 4.98. The third-order valence-corrected chi connectivity index (χ3v) is 6.35. The maximum absolute atomic E-state index is 12.4. The van der Waals surface area contributed by atoms with Crippen LogP contribution in [0.1, 0.15) is 28.4 Å². The summed E-state index contributed by atoms with van der Waals surface area (Å²) in [5.41, 5.74) is 1.35. The number of thiazole rings is 1. The highest BCUT2D eigenvalue weighted by molar-refractivity contribution is 7.11. The number of aryl methyl sites for hydroxylation is 2. The Morgan fingerprint density at radius 2 is 2.00 bits per heavy atom. The molecule has 0 unspecified atom stereocenters. The van der Waals surface area contributed by atoms with Crippen LogP contribution in [0.4, 0.5) is 0 Å². The van der Waals surface area contributed by atoms with Crippen molar-refractivity contribution in [2.75, 3.05) is 39.8 Å². The van der Waals surface area contributed by atoms with Crippen LogP contribution in [0.2, 0.25) is 0 Å². The first-order valence-corrected chi connectivity index (χ1v) is 9.21. The molecule has 2 saturated heterocycles. The standard InChI is InChI=1S/C16H24N4OS/c1-18-6-8-20-9-7-19(10-13(20)16(18)21)11-15-17-12-4-2-3-5-14(12)22-15/h13H,2-11H2,1H3/t13-/m0/s1. The van der Waals surface area contributed by atoms with Crippen LogP contribution in [0.5, 0.6) is 0 Å². The molecule has 1 aromatic rings. The van der Waals surface area contributed by atoms with Gasteiger partial charge in [-0.25, -0.2) is 4.98 Å². The Hall–Kier alpha value is -0.980. The average Bonchev–Trinajstić information content (AvgIpc) is 2.93. The van der Waals surface area contributed by atoms with E-state index in [1.165, 1.54) is 34.8 Å². The number of nitrogens with zero attached hydrogens (tertiary/aromatic N) is 4. The minimum absolute atomic E-state index is 0.0575. The third-order valence-electron chi connectivity index (χ3n) is 5.21. The first-order valence-electron chi connectivity index (χ1n) is 8.39. The van der Waals surface area contributed by atoms with Gasteiger partial charge < -0.3 is 4.90 Å². The molecule has 0 spiro atoms. The molecule has 6 heteroatoms. The van der Waals surface area contributed by atoms with Gasteiger partial charge >= 0.3 is 0 Å². The van der Waals surface area contributed by atoms with Gasteiger partial charge in [0, 0.05) is 44.6 Å². The number of carbonyl (C=O) groups excluding carboxylic acids is 1. The molecule has 0 aromatic carbocycles. The molecule has 3 heterocycles. The van der Waals surface area contributed by atoms with Gasteiger partial charge in [-0.3, -0.25) is 14.6 Å². The van der Waals surface area contributed by atoms with E-state index in [0.29, 0.717) is 0 Å². The van der Waals surface area contributed by atoms with E-state index in [1.807, 2.05) is 23.3 Å². The number of piperazine rings is 2. The normalized spacial score (nSPS) is 26.9. The first kappa shape index (κ1) is 14.6. The van der Waals surface area contributed by atoms with Crippen LogP contribution in [0, 0.1) is 0 Å². The fourth-order valence-corrected chi connectivity index (χ4v) is 5.03. The molecule has 4 rings (SSSR count). The molecule has 0 radical (unpaired) electrons. The lowest BCUT2D eigenvalue weighted by Gasteiger charge is -2.45. The largest absolute Gasteiger partial charge is 0.343 e. The van der Waals surface area contributed by atoms with Crippen molar-refractivity contribution < 1.29 is 4.79 Å². The zero-order valence-corrected chi connectivity index (χ0v) is 14.1. The quantitative estimate of drug-likeness (QED) is 0.814. The summed E-state index contributed by atoms with van der Waals surface area (Å²) >= 11 is 1.90. The highest BCUT2D eigenvalue weighted by Crippen LogP contribution is 2.28. The van der Waals surface area contributed by atoms with Crippen molar-refractivity contribution >= 4 is 17.2 Å². The summed E-state index contributed by atoms with van der Waals surface area (Å²) in [6, 6.07) is 0.0575. The Kier molecular flexibility index (Phi) is 3.92. The lowest BCUT2D eigenvalue weighted by molar-refractivity contribution is -0.143. The fourth-order valence-electron chi connectivity index (χ4n) is 3.83. The van der Waals surface area contributed by atoms with Crippen LogP contribution in [-0.4, -0.2) is 71.4 Å². The number of hydrogen-bond donors (Lipinski definition) is 0. The minimum Gasteiger partial charge on any atom is -0.343 e. The van der Waals surface area contributed by atoms with Crippen molar-refractivity contribution in [1.29, 1.82) is 0 Å². The topological polar surface area (TPSA) is 39.7 Å². The van der Waals surface area contributed by atoms with Crippen molar-refractivity contribution in [3.63, 3.8) is 0 Å². The second-order valence-electron chi connectivity index (χ2n) is 6.73. The molecule has 3 aliphatic rings. The van der Waals surface area contributed by atoms with Crippen LogP contribution >= 0.6 is 11.3 Å². The van der Waals surface area contributed by atoms with Gasteiger partial charge in [-0.05, 0) is 25.7 Å². The molecule has 5 nitrogen and oxygen atoms in total. The van der Waals surface area contributed by atoms with E-state index < -0.39 is 0 Å². The Morgan fingerprint density at radius 1 is 1.18 bits per heavy atom. The number of carbonyl (C=O) groups is 1. The molecular formula is C16H24N4OS. The molecule has 1 atom stereocenters. The summed E-state index contributed by atoms with van der Waals surface area (Å²) < 4.78 is 0. The molecule has 1 aromatic heterocycles. The van der Waals surface area contributed by atoms with Crippen LogP contribution < -0.4 is 0 Å². The smallest absolute Gasteiger partial charge is 0.241 e. The molecule has 2 aliphatic heterocycles. The van der Waals surface area contributed by atoms with E-state index in [1.54, 1.807) is 0 Å². The average molecular weight is 320 g/mol. The molecule has 22 heavy (non-hydrogen) atoms. The fraction of sp³-hybridized carbons (Fsp3) is 0.750. The summed E-state index contributed by atoms with van der Waals surface area (Å²) in [4.78, 5) is 25.4. The van der Waals surface area contributed by atoms with Gasteiger partial charge in [0.1, 0.15) is 11.0 Å². The van der Waals surface area contributed by atoms with Crippen molar-refractivity contribution in [3.05, 3.63) is 15.6 Å². The van der Waals surface area contributed by atoms with Gasteiger partial charge in [-0.2, -0.15) is 0 Å². The van der Waals surface area contributed by atoms with Gasteiger partial charge in [0.25, 0.3) is 0 Å². The van der Waals surface area contributed by atoms with Gasteiger partial charge in [0.2, 0.25) is 5.91 Å². The van der Waals surface area contributed by atoms with Gasteiger partial charge in [-0.15, -0.1) is 11.3 Å². The van der Waals surface area contributed by atoms with Crippen molar-refractivity contribution in [2.24, 2.45) is 0 Å². The summed E-state index contributed by atoms with van der Waals surface area (Å²) in [7, 11) is 1.92. The van der Waals surface area contributed by atoms with Crippen LogP contribution in [0.15, 0.2) is 0 Å². The number of rotatable bonds is 2. The van der Waals surface area contributed by atoms with E-state index in [0.717, 1.165) is 45.7 Å². The number of fused-ring (bicyclic) bond motifs is 2. The van der Waals surface area contributed by atoms with Gasteiger partial charge in [-0.1, -0.05) is 0 Å². The van der Waals surface area contributed by atoms with E-state index in [-0.39, 0.29) is 11.9 Å². The van der Waals surface area contributed by atoms with E-state index >= 15 is 0 Å². The first-order chi connectivity index (χ1) is 10.7. The summed E-state index contributed by atoms with van der Waals surface area (Å²) in [5, 5.41) is 1.25. The lowest BCUT2D eigenvalue weighted by Crippen LogP contribution is -2.63. The summed E-state index contributed by atoms with van der Waals surface area (Å²) in [6.45, 7) is 5.72. The lowest BCUT2D eigenvalue weighted by atomic mass is 10.0. The maximum atomic E-state index is 12.4. The van der Waals surface area contributed by atoms with Crippen molar-refractivity contribution in [3.8, 4) is 0 Å². The van der Waals surface area contributed by atoms with Crippen LogP contribution in [0.3, 0.4) is 0 Å². The highest BCUT2D eigenvalue weighted by atomic mass is 32.1. The van der Waals surface area contributed by atoms with E-state index in [9.17, 15) is 4.79 Å². The second-order valence-corrected chi connectivity index (χ2v) is 7.90. The minimum atomic E-state index is 0.0575. The molecular weight excluding hydrogens is 296 g/mol. The number of aromatic nitrogens is 1. The number of likely N-dealkylation sites (N-methyl/N-ethyl adjacent to an activating group) is 1. The summed E-state index contributed by atoms with van der Waals surface area (Å²) in [5.74, 6) is 0.286. The molecule has 0 bridgehead atoms. The van der Waals surface area contributed by atoms with E-state index in [4.69, 9.17) is 4.98 Å².